The Hall–Kier alpha value is -0.0800. The van der Waals surface area contributed by atoms with E-state index >= 15 is 0 Å². The van der Waals surface area contributed by atoms with E-state index in [2.05, 4.69) is 30.6 Å². The van der Waals surface area contributed by atoms with Crippen LogP contribution in [0.5, 0.6) is 0 Å². The van der Waals surface area contributed by atoms with Crippen LogP contribution < -0.4 is 0 Å². The molecule has 3 fully saturated rings. The molecule has 1 saturated carbocycles. The van der Waals surface area contributed by atoms with E-state index in [4.69, 9.17) is 0 Å². The maximum atomic E-state index is 2.90. The van der Waals surface area contributed by atoms with E-state index in [0.29, 0.717) is 0 Å². The second-order valence-electron chi connectivity index (χ2n) is 8.54. The van der Waals surface area contributed by atoms with Crippen LogP contribution in [-0.2, 0) is 0 Å². The largest absolute Gasteiger partial charge is 0.298 e. The summed E-state index contributed by atoms with van der Waals surface area (Å²) in [6, 6.07) is 1.68. The predicted octanol–water partition coefficient (Wildman–Crippen LogP) is 4.01. The van der Waals surface area contributed by atoms with Crippen LogP contribution >= 0.6 is 0 Å². The molecule has 0 aromatic heterocycles. The zero-order valence-electron chi connectivity index (χ0n) is 14.6. The summed E-state index contributed by atoms with van der Waals surface area (Å²) in [7, 11) is 0. The average molecular weight is 293 g/mol. The number of piperazine rings is 1. The van der Waals surface area contributed by atoms with Crippen molar-refractivity contribution in [3.8, 4) is 0 Å². The minimum Gasteiger partial charge on any atom is -0.298 e. The first-order chi connectivity index (χ1) is 10.1. The van der Waals surface area contributed by atoms with Crippen LogP contribution in [0.4, 0.5) is 0 Å². The number of hydrogen-bond acceptors (Lipinski definition) is 2. The van der Waals surface area contributed by atoms with Crippen molar-refractivity contribution in [2.24, 2.45) is 17.8 Å². The SMILES string of the molecule is CC1CCC(CN2CC3CCCCN3CC2C(C)C)CC1. The normalized spacial score (nSPS) is 39.4. The van der Waals surface area contributed by atoms with Gasteiger partial charge in [-0.05, 0) is 50.0 Å². The maximum Gasteiger partial charge on any atom is 0.0247 e. The lowest BCUT2D eigenvalue weighted by molar-refractivity contribution is -0.0179. The second kappa shape index (κ2) is 7.00. The highest BCUT2D eigenvalue weighted by atomic mass is 15.3. The molecule has 3 rings (SSSR count). The zero-order chi connectivity index (χ0) is 14.8. The lowest BCUT2D eigenvalue weighted by atomic mass is 9.82. The molecule has 122 valence electrons. The number of rotatable bonds is 3. The number of nitrogens with zero attached hydrogens (tertiary/aromatic N) is 2. The molecule has 0 spiro atoms. The standard InChI is InChI=1S/C19H36N2/c1-15(2)19-14-20-11-5-4-6-18(20)13-21(19)12-17-9-7-16(3)8-10-17/h15-19H,4-14H2,1-3H3. The van der Waals surface area contributed by atoms with Gasteiger partial charge in [-0.2, -0.15) is 0 Å². The molecular formula is C19H36N2. The van der Waals surface area contributed by atoms with Gasteiger partial charge in [-0.3, -0.25) is 9.80 Å². The Bertz CT molecular complexity index is 320. The van der Waals surface area contributed by atoms with Crippen molar-refractivity contribution in [1.82, 2.24) is 9.80 Å². The summed E-state index contributed by atoms with van der Waals surface area (Å²) >= 11 is 0. The monoisotopic (exact) mass is 292 g/mol. The Kier molecular flexibility index (Phi) is 5.27. The first kappa shape index (κ1) is 15.8. The number of fused-ring (bicyclic) bond motifs is 1. The van der Waals surface area contributed by atoms with Gasteiger partial charge in [0.15, 0.2) is 0 Å². The third kappa shape index (κ3) is 3.82. The summed E-state index contributed by atoms with van der Waals surface area (Å²) in [6.45, 7) is 12.8. The third-order valence-electron chi connectivity index (χ3n) is 6.48. The van der Waals surface area contributed by atoms with Crippen molar-refractivity contribution in [2.45, 2.75) is 77.8 Å². The summed E-state index contributed by atoms with van der Waals surface area (Å²) in [5.41, 5.74) is 0. The first-order valence-corrected chi connectivity index (χ1v) is 9.61. The third-order valence-corrected chi connectivity index (χ3v) is 6.48. The Morgan fingerprint density at radius 3 is 2.43 bits per heavy atom. The molecule has 2 heterocycles. The summed E-state index contributed by atoms with van der Waals surface area (Å²) in [6.07, 6.45) is 10.3. The van der Waals surface area contributed by atoms with Gasteiger partial charge >= 0.3 is 0 Å². The molecule has 0 amide bonds. The van der Waals surface area contributed by atoms with E-state index in [1.165, 1.54) is 71.1 Å². The molecule has 2 aliphatic heterocycles. The molecule has 2 saturated heterocycles. The van der Waals surface area contributed by atoms with Crippen LogP contribution in [0.15, 0.2) is 0 Å². The van der Waals surface area contributed by atoms with E-state index in [1.807, 2.05) is 0 Å². The topological polar surface area (TPSA) is 6.48 Å². The minimum absolute atomic E-state index is 0.801. The molecule has 1 aliphatic carbocycles. The molecule has 2 nitrogen and oxygen atoms in total. The molecule has 2 atom stereocenters. The highest BCUT2D eigenvalue weighted by Crippen LogP contribution is 2.32. The van der Waals surface area contributed by atoms with Crippen molar-refractivity contribution in [3.63, 3.8) is 0 Å². The molecule has 21 heavy (non-hydrogen) atoms. The lowest BCUT2D eigenvalue weighted by Crippen LogP contribution is -2.61. The van der Waals surface area contributed by atoms with Crippen LogP contribution in [0.25, 0.3) is 0 Å². The van der Waals surface area contributed by atoms with Crippen molar-refractivity contribution in [3.05, 3.63) is 0 Å². The fourth-order valence-corrected chi connectivity index (χ4v) is 4.95. The smallest absolute Gasteiger partial charge is 0.0247 e. The molecule has 0 N–H and O–H groups in total. The highest BCUT2D eigenvalue weighted by Gasteiger charge is 2.37. The molecule has 0 bridgehead atoms. The molecule has 0 radical (unpaired) electrons. The van der Waals surface area contributed by atoms with Gasteiger partial charge in [-0.1, -0.05) is 40.0 Å². The van der Waals surface area contributed by atoms with Crippen LogP contribution in [-0.4, -0.2) is 48.1 Å². The fourth-order valence-electron chi connectivity index (χ4n) is 4.95. The molecule has 0 aromatic rings. The first-order valence-electron chi connectivity index (χ1n) is 9.61. The van der Waals surface area contributed by atoms with Crippen LogP contribution in [0.3, 0.4) is 0 Å². The van der Waals surface area contributed by atoms with E-state index < -0.39 is 0 Å². The van der Waals surface area contributed by atoms with Crippen LogP contribution in [0, 0.1) is 17.8 Å². The van der Waals surface area contributed by atoms with Gasteiger partial charge < -0.3 is 0 Å². The van der Waals surface area contributed by atoms with E-state index in [-0.39, 0.29) is 0 Å². The molecule has 2 heteroatoms. The van der Waals surface area contributed by atoms with E-state index in [9.17, 15) is 0 Å². The fraction of sp³-hybridized carbons (Fsp3) is 1.00. The van der Waals surface area contributed by atoms with Crippen molar-refractivity contribution >= 4 is 0 Å². The van der Waals surface area contributed by atoms with Gasteiger partial charge in [-0.15, -0.1) is 0 Å². The van der Waals surface area contributed by atoms with Crippen LogP contribution in [0.1, 0.15) is 65.7 Å². The molecule has 2 unspecified atom stereocenters. The van der Waals surface area contributed by atoms with Gasteiger partial charge in [0.05, 0.1) is 0 Å². The second-order valence-corrected chi connectivity index (χ2v) is 8.54. The number of hydrogen-bond donors (Lipinski definition) is 0. The maximum absolute atomic E-state index is 2.90. The molecule has 0 aromatic carbocycles. The predicted molar refractivity (Wildman–Crippen MR) is 90.5 cm³/mol. The summed E-state index contributed by atoms with van der Waals surface area (Å²) in [4.78, 5) is 5.71. The molecular weight excluding hydrogens is 256 g/mol. The minimum atomic E-state index is 0.801. The summed E-state index contributed by atoms with van der Waals surface area (Å²) in [5, 5.41) is 0. The van der Waals surface area contributed by atoms with Gasteiger partial charge in [-0.25, -0.2) is 0 Å². The quantitative estimate of drug-likeness (QED) is 0.775. The van der Waals surface area contributed by atoms with Gasteiger partial charge in [0, 0.05) is 31.7 Å². The highest BCUT2D eigenvalue weighted by molar-refractivity contribution is 4.93. The molecule has 3 aliphatic rings. The van der Waals surface area contributed by atoms with E-state index in [0.717, 1.165) is 29.8 Å². The van der Waals surface area contributed by atoms with Crippen LogP contribution in [0.2, 0.25) is 0 Å². The average Bonchev–Trinajstić information content (AvgIpc) is 2.48. The van der Waals surface area contributed by atoms with Gasteiger partial charge in [0.2, 0.25) is 0 Å². The van der Waals surface area contributed by atoms with Crippen molar-refractivity contribution in [1.29, 1.82) is 0 Å². The lowest BCUT2D eigenvalue weighted by Gasteiger charge is -2.51. The Morgan fingerprint density at radius 2 is 1.71 bits per heavy atom. The Balaban J connectivity index is 1.60. The number of piperidine rings is 1. The van der Waals surface area contributed by atoms with Gasteiger partial charge in [0.1, 0.15) is 0 Å². The summed E-state index contributed by atoms with van der Waals surface area (Å²) in [5.74, 6) is 2.77. The Morgan fingerprint density at radius 1 is 0.952 bits per heavy atom. The van der Waals surface area contributed by atoms with Crippen molar-refractivity contribution in [2.75, 3.05) is 26.2 Å². The van der Waals surface area contributed by atoms with E-state index in [1.54, 1.807) is 0 Å². The zero-order valence-corrected chi connectivity index (χ0v) is 14.6. The Labute approximate surface area is 132 Å². The van der Waals surface area contributed by atoms with Gasteiger partial charge in [0.25, 0.3) is 0 Å². The van der Waals surface area contributed by atoms with Crippen molar-refractivity contribution < 1.29 is 0 Å². The summed E-state index contributed by atoms with van der Waals surface area (Å²) < 4.78 is 0.